The molecule has 0 aromatic carbocycles. The molecule has 0 N–H and O–H groups in total. The van der Waals surface area contributed by atoms with Gasteiger partial charge in [0.1, 0.15) is 5.52 Å². The molecule has 0 aliphatic carbocycles. The van der Waals surface area contributed by atoms with E-state index in [0.29, 0.717) is 17.6 Å². The van der Waals surface area contributed by atoms with Gasteiger partial charge in [-0.05, 0) is 42.3 Å². The highest BCUT2D eigenvalue weighted by molar-refractivity contribution is 6.28. The molecule has 5 nitrogen and oxygen atoms in total. The van der Waals surface area contributed by atoms with Gasteiger partial charge in [0.2, 0.25) is 0 Å². The maximum absolute atomic E-state index is 5.85. The minimum absolute atomic E-state index is 0.350. The van der Waals surface area contributed by atoms with Gasteiger partial charge in [0.25, 0.3) is 0 Å². The Balaban J connectivity index is 2.07. The third kappa shape index (κ3) is 2.42. The van der Waals surface area contributed by atoms with E-state index in [4.69, 9.17) is 20.8 Å². The molecule has 3 aromatic rings. The minimum atomic E-state index is 0.350. The first kappa shape index (κ1) is 13.1. The normalized spacial score (nSPS) is 11.3. The van der Waals surface area contributed by atoms with E-state index in [9.17, 15) is 0 Å². The van der Waals surface area contributed by atoms with Crippen LogP contribution in [0.1, 0.15) is 6.42 Å². The van der Waals surface area contributed by atoms with Gasteiger partial charge in [0.15, 0.2) is 22.5 Å². The van der Waals surface area contributed by atoms with Crippen molar-refractivity contribution in [1.82, 2.24) is 14.5 Å². The van der Waals surface area contributed by atoms with Crippen molar-refractivity contribution < 1.29 is 9.15 Å². The molecule has 0 fully saturated rings. The summed E-state index contributed by atoms with van der Waals surface area (Å²) in [7, 11) is 1.69. The van der Waals surface area contributed by atoms with Crippen LogP contribution in [0.2, 0.25) is 5.22 Å². The van der Waals surface area contributed by atoms with Gasteiger partial charge in [0, 0.05) is 26.5 Å². The van der Waals surface area contributed by atoms with Crippen LogP contribution in [-0.4, -0.2) is 28.3 Å². The molecular weight excluding hydrogens is 278 g/mol. The Kier molecular flexibility index (Phi) is 3.71. The lowest BCUT2D eigenvalue weighted by molar-refractivity contribution is 0.190. The number of imidazole rings is 1. The summed E-state index contributed by atoms with van der Waals surface area (Å²) in [5.74, 6) is 1.38. The highest BCUT2D eigenvalue weighted by Gasteiger charge is 2.15. The second kappa shape index (κ2) is 5.64. The van der Waals surface area contributed by atoms with Crippen LogP contribution in [0.4, 0.5) is 0 Å². The number of aromatic nitrogens is 3. The number of fused-ring (bicyclic) bond motifs is 1. The molecule has 0 bridgehead atoms. The van der Waals surface area contributed by atoms with E-state index in [0.717, 1.165) is 30.0 Å². The van der Waals surface area contributed by atoms with E-state index < -0.39 is 0 Å². The number of rotatable bonds is 5. The van der Waals surface area contributed by atoms with Crippen molar-refractivity contribution in [2.45, 2.75) is 13.0 Å². The predicted octanol–water partition coefficient (Wildman–Crippen LogP) is 3.38. The molecule has 0 radical (unpaired) electrons. The molecule has 0 saturated heterocycles. The summed E-state index contributed by atoms with van der Waals surface area (Å²) in [6.07, 6.45) is 2.63. The first-order valence-electron chi connectivity index (χ1n) is 6.35. The van der Waals surface area contributed by atoms with Gasteiger partial charge in [-0.2, -0.15) is 0 Å². The Morgan fingerprint density at radius 3 is 3.00 bits per heavy atom. The molecule has 104 valence electrons. The number of halogens is 1. The quantitative estimate of drug-likeness (QED) is 0.676. The van der Waals surface area contributed by atoms with Crippen molar-refractivity contribution in [3.05, 3.63) is 35.7 Å². The van der Waals surface area contributed by atoms with Crippen LogP contribution in [0.15, 0.2) is 34.9 Å². The van der Waals surface area contributed by atoms with E-state index in [1.54, 1.807) is 19.4 Å². The standard InChI is InChI=1S/C14H14ClN3O2/c1-19-9-3-8-18-13-10(4-2-7-16-13)17-14(18)11-5-6-12(15)20-11/h2,4-7H,3,8-9H2,1H3. The van der Waals surface area contributed by atoms with Gasteiger partial charge >= 0.3 is 0 Å². The molecule has 0 unspecified atom stereocenters. The van der Waals surface area contributed by atoms with Gasteiger partial charge in [-0.1, -0.05) is 0 Å². The fraction of sp³-hybridized carbons (Fsp3) is 0.286. The van der Waals surface area contributed by atoms with E-state index in [1.165, 1.54) is 0 Å². The van der Waals surface area contributed by atoms with E-state index in [-0.39, 0.29) is 0 Å². The lowest BCUT2D eigenvalue weighted by Crippen LogP contribution is -2.04. The van der Waals surface area contributed by atoms with Gasteiger partial charge < -0.3 is 13.7 Å². The van der Waals surface area contributed by atoms with Crippen molar-refractivity contribution in [3.63, 3.8) is 0 Å². The Hall–Kier alpha value is -1.85. The van der Waals surface area contributed by atoms with E-state index >= 15 is 0 Å². The Labute approximate surface area is 121 Å². The number of aryl methyl sites for hydroxylation is 1. The predicted molar refractivity (Wildman–Crippen MR) is 76.7 cm³/mol. The molecule has 0 atom stereocenters. The summed E-state index contributed by atoms with van der Waals surface area (Å²) in [5.41, 5.74) is 1.68. The van der Waals surface area contributed by atoms with Gasteiger partial charge in [-0.25, -0.2) is 9.97 Å². The minimum Gasteiger partial charge on any atom is -0.441 e. The first-order chi connectivity index (χ1) is 9.79. The number of pyridine rings is 1. The Morgan fingerprint density at radius 2 is 2.25 bits per heavy atom. The maximum Gasteiger partial charge on any atom is 0.194 e. The fourth-order valence-corrected chi connectivity index (χ4v) is 2.31. The fourth-order valence-electron chi connectivity index (χ4n) is 2.16. The third-order valence-electron chi connectivity index (χ3n) is 3.03. The van der Waals surface area contributed by atoms with Crippen molar-refractivity contribution in [1.29, 1.82) is 0 Å². The summed E-state index contributed by atoms with van der Waals surface area (Å²) < 4.78 is 12.6. The molecule has 3 rings (SSSR count). The van der Waals surface area contributed by atoms with Crippen LogP contribution in [-0.2, 0) is 11.3 Å². The SMILES string of the molecule is COCCCn1c(-c2ccc(Cl)o2)nc2cccnc21. The summed E-state index contributed by atoms with van der Waals surface area (Å²) in [6.45, 7) is 1.44. The highest BCUT2D eigenvalue weighted by Crippen LogP contribution is 2.27. The molecule has 0 saturated carbocycles. The van der Waals surface area contributed by atoms with Crippen LogP contribution >= 0.6 is 11.6 Å². The zero-order chi connectivity index (χ0) is 13.9. The molecule has 6 heteroatoms. The molecule has 0 aliphatic heterocycles. The molecule has 3 heterocycles. The lowest BCUT2D eigenvalue weighted by Gasteiger charge is -2.06. The van der Waals surface area contributed by atoms with Crippen LogP contribution in [0, 0.1) is 0 Å². The van der Waals surface area contributed by atoms with Crippen LogP contribution in [0.5, 0.6) is 0 Å². The summed E-state index contributed by atoms with van der Waals surface area (Å²) >= 11 is 5.85. The molecule has 0 amide bonds. The van der Waals surface area contributed by atoms with E-state index in [2.05, 4.69) is 9.97 Å². The number of nitrogens with zero attached hydrogens (tertiary/aromatic N) is 3. The lowest BCUT2D eigenvalue weighted by atomic mass is 10.4. The second-order valence-corrected chi connectivity index (χ2v) is 4.76. The Morgan fingerprint density at radius 1 is 1.35 bits per heavy atom. The number of hydrogen-bond acceptors (Lipinski definition) is 4. The average molecular weight is 292 g/mol. The summed E-state index contributed by atoms with van der Waals surface area (Å²) in [5, 5.41) is 0.350. The van der Waals surface area contributed by atoms with Crippen molar-refractivity contribution in [2.75, 3.05) is 13.7 Å². The topological polar surface area (TPSA) is 53.1 Å². The highest BCUT2D eigenvalue weighted by atomic mass is 35.5. The molecule has 0 aliphatic rings. The van der Waals surface area contributed by atoms with E-state index in [1.807, 2.05) is 22.8 Å². The third-order valence-corrected chi connectivity index (χ3v) is 3.23. The molecule has 3 aromatic heterocycles. The molecule has 20 heavy (non-hydrogen) atoms. The van der Waals surface area contributed by atoms with Crippen molar-refractivity contribution >= 4 is 22.8 Å². The van der Waals surface area contributed by atoms with Crippen LogP contribution in [0.25, 0.3) is 22.7 Å². The smallest absolute Gasteiger partial charge is 0.194 e. The van der Waals surface area contributed by atoms with Crippen LogP contribution in [0.3, 0.4) is 0 Å². The zero-order valence-corrected chi connectivity index (χ0v) is 11.8. The van der Waals surface area contributed by atoms with Gasteiger partial charge in [-0.3, -0.25) is 0 Å². The molecular formula is C14H14ClN3O2. The monoisotopic (exact) mass is 291 g/mol. The van der Waals surface area contributed by atoms with Crippen LogP contribution < -0.4 is 0 Å². The maximum atomic E-state index is 5.85. The largest absolute Gasteiger partial charge is 0.441 e. The summed E-state index contributed by atoms with van der Waals surface area (Å²) in [4.78, 5) is 8.98. The zero-order valence-electron chi connectivity index (χ0n) is 11.0. The Bertz CT molecular complexity index is 720. The number of furan rings is 1. The number of ether oxygens (including phenoxy) is 1. The van der Waals surface area contributed by atoms with Gasteiger partial charge in [-0.15, -0.1) is 0 Å². The van der Waals surface area contributed by atoms with Crippen molar-refractivity contribution in [2.24, 2.45) is 0 Å². The number of methoxy groups -OCH3 is 1. The average Bonchev–Trinajstić information content (AvgIpc) is 3.03. The van der Waals surface area contributed by atoms with Crippen molar-refractivity contribution in [3.8, 4) is 11.6 Å². The van der Waals surface area contributed by atoms with Gasteiger partial charge in [0.05, 0.1) is 0 Å². The molecule has 0 spiro atoms. The number of hydrogen-bond donors (Lipinski definition) is 0. The summed E-state index contributed by atoms with van der Waals surface area (Å²) in [6, 6.07) is 7.33. The first-order valence-corrected chi connectivity index (χ1v) is 6.73. The second-order valence-electron chi connectivity index (χ2n) is 4.38.